The lowest BCUT2D eigenvalue weighted by atomic mass is 9.94. The lowest BCUT2D eigenvalue weighted by molar-refractivity contribution is 0.207. The van der Waals surface area contributed by atoms with Crippen LogP contribution in [0.1, 0.15) is 12.5 Å². The Kier molecular flexibility index (Phi) is 3.97. The van der Waals surface area contributed by atoms with Crippen LogP contribution in [0.3, 0.4) is 0 Å². The van der Waals surface area contributed by atoms with E-state index in [1.807, 2.05) is 6.07 Å². The Morgan fingerprint density at radius 2 is 2.20 bits per heavy atom. The highest BCUT2D eigenvalue weighted by molar-refractivity contribution is 6.30. The molecule has 1 unspecified atom stereocenters. The van der Waals surface area contributed by atoms with E-state index in [1.54, 1.807) is 26.2 Å². The maximum absolute atomic E-state index is 9.08. The lowest BCUT2D eigenvalue weighted by Gasteiger charge is -2.22. The first kappa shape index (κ1) is 12.3. The van der Waals surface area contributed by atoms with Crippen molar-refractivity contribution in [2.75, 3.05) is 13.7 Å². The summed E-state index contributed by atoms with van der Waals surface area (Å²) in [6, 6.07) is 5.39. The van der Waals surface area contributed by atoms with Crippen molar-refractivity contribution < 1.29 is 9.84 Å². The molecule has 0 amide bonds. The van der Waals surface area contributed by atoms with Gasteiger partial charge >= 0.3 is 0 Å². The predicted octanol–water partition coefficient (Wildman–Crippen LogP) is 1.60. The molecular weight excluding hydrogens is 214 g/mol. The molecule has 0 saturated heterocycles. The normalized spacial score (nSPS) is 14.7. The van der Waals surface area contributed by atoms with Gasteiger partial charge in [-0.1, -0.05) is 17.7 Å². The van der Waals surface area contributed by atoms with Gasteiger partial charge in [0.2, 0.25) is 0 Å². The van der Waals surface area contributed by atoms with E-state index < -0.39 is 5.54 Å². The second-order valence-corrected chi connectivity index (χ2v) is 4.38. The summed E-state index contributed by atoms with van der Waals surface area (Å²) in [4.78, 5) is 0. The van der Waals surface area contributed by atoms with Crippen molar-refractivity contribution in [1.29, 1.82) is 0 Å². The van der Waals surface area contributed by atoms with E-state index in [0.29, 0.717) is 17.2 Å². The minimum absolute atomic E-state index is 0.0707. The molecule has 0 fully saturated rings. The van der Waals surface area contributed by atoms with Crippen LogP contribution in [0.15, 0.2) is 18.2 Å². The van der Waals surface area contributed by atoms with Gasteiger partial charge in [0.25, 0.3) is 0 Å². The number of aliphatic hydroxyl groups excluding tert-OH is 1. The fourth-order valence-electron chi connectivity index (χ4n) is 1.36. The van der Waals surface area contributed by atoms with E-state index in [9.17, 15) is 0 Å². The van der Waals surface area contributed by atoms with Crippen molar-refractivity contribution in [1.82, 2.24) is 0 Å². The van der Waals surface area contributed by atoms with Crippen molar-refractivity contribution in [2.45, 2.75) is 18.9 Å². The molecule has 15 heavy (non-hydrogen) atoms. The van der Waals surface area contributed by atoms with E-state index in [1.165, 1.54) is 0 Å². The largest absolute Gasteiger partial charge is 0.496 e. The summed E-state index contributed by atoms with van der Waals surface area (Å²) in [5.41, 5.74) is 6.18. The Morgan fingerprint density at radius 3 is 2.73 bits per heavy atom. The van der Waals surface area contributed by atoms with E-state index in [0.717, 1.165) is 5.56 Å². The van der Waals surface area contributed by atoms with E-state index in [-0.39, 0.29) is 6.61 Å². The van der Waals surface area contributed by atoms with Crippen molar-refractivity contribution in [2.24, 2.45) is 5.73 Å². The van der Waals surface area contributed by atoms with Crippen LogP contribution < -0.4 is 10.5 Å². The number of hydrogen-bond donors (Lipinski definition) is 2. The molecule has 0 aliphatic carbocycles. The monoisotopic (exact) mass is 229 g/mol. The van der Waals surface area contributed by atoms with Crippen LogP contribution in [-0.4, -0.2) is 24.4 Å². The molecule has 1 rings (SSSR count). The minimum Gasteiger partial charge on any atom is -0.496 e. The topological polar surface area (TPSA) is 55.5 Å². The van der Waals surface area contributed by atoms with Crippen molar-refractivity contribution in [3.05, 3.63) is 28.8 Å². The smallest absolute Gasteiger partial charge is 0.123 e. The number of rotatable bonds is 4. The van der Waals surface area contributed by atoms with E-state index >= 15 is 0 Å². The van der Waals surface area contributed by atoms with Gasteiger partial charge in [0.15, 0.2) is 0 Å². The zero-order valence-corrected chi connectivity index (χ0v) is 9.71. The van der Waals surface area contributed by atoms with Crippen molar-refractivity contribution >= 4 is 11.6 Å². The first-order valence-corrected chi connectivity index (χ1v) is 5.08. The summed E-state index contributed by atoms with van der Waals surface area (Å²) in [5.74, 6) is 0.702. The Balaban J connectivity index is 2.94. The molecule has 3 nitrogen and oxygen atoms in total. The molecule has 0 spiro atoms. The zero-order chi connectivity index (χ0) is 11.5. The van der Waals surface area contributed by atoms with Crippen LogP contribution in [0.25, 0.3) is 0 Å². The summed E-state index contributed by atoms with van der Waals surface area (Å²) >= 11 is 5.84. The lowest BCUT2D eigenvalue weighted by Crippen LogP contribution is -2.42. The maximum atomic E-state index is 9.08. The van der Waals surface area contributed by atoms with Gasteiger partial charge in [0.05, 0.1) is 13.7 Å². The number of methoxy groups -OCH3 is 1. The molecule has 0 bridgehead atoms. The summed E-state index contributed by atoms with van der Waals surface area (Å²) in [6.07, 6.45) is 0.545. The second-order valence-electron chi connectivity index (χ2n) is 3.95. The second kappa shape index (κ2) is 4.84. The fraction of sp³-hybridized carbons (Fsp3) is 0.455. The number of nitrogens with two attached hydrogens (primary N) is 1. The molecule has 1 aromatic carbocycles. The minimum atomic E-state index is -0.638. The van der Waals surface area contributed by atoms with Crippen LogP contribution in [0.5, 0.6) is 5.75 Å². The SMILES string of the molecule is COc1cc(Cl)ccc1CC(C)(N)CO. The van der Waals surface area contributed by atoms with Crippen molar-refractivity contribution in [3.8, 4) is 5.75 Å². The number of ether oxygens (including phenoxy) is 1. The van der Waals surface area contributed by atoms with Gasteiger partial charge in [0.1, 0.15) is 5.75 Å². The molecule has 0 aliphatic rings. The highest BCUT2D eigenvalue weighted by atomic mass is 35.5. The standard InChI is InChI=1S/C11H16ClNO2/c1-11(13,7-14)6-8-3-4-9(12)5-10(8)15-2/h3-5,14H,6-7,13H2,1-2H3. The summed E-state index contributed by atoms with van der Waals surface area (Å²) in [6.45, 7) is 1.72. The quantitative estimate of drug-likeness (QED) is 0.825. The van der Waals surface area contributed by atoms with Gasteiger partial charge in [0, 0.05) is 10.6 Å². The average molecular weight is 230 g/mol. The Labute approximate surface area is 94.8 Å². The summed E-state index contributed by atoms with van der Waals surface area (Å²) in [5, 5.41) is 9.71. The number of hydrogen-bond acceptors (Lipinski definition) is 3. The third kappa shape index (κ3) is 3.38. The molecule has 0 radical (unpaired) electrons. The Morgan fingerprint density at radius 1 is 1.53 bits per heavy atom. The summed E-state index contributed by atoms with van der Waals surface area (Å²) < 4.78 is 5.19. The van der Waals surface area contributed by atoms with Gasteiger partial charge in [-0.25, -0.2) is 0 Å². The first-order chi connectivity index (χ1) is 6.98. The molecule has 0 aromatic heterocycles. The molecule has 0 heterocycles. The number of aliphatic hydroxyl groups is 1. The first-order valence-electron chi connectivity index (χ1n) is 4.70. The van der Waals surface area contributed by atoms with Gasteiger partial charge in [-0.15, -0.1) is 0 Å². The van der Waals surface area contributed by atoms with Gasteiger partial charge in [-0.05, 0) is 31.0 Å². The highest BCUT2D eigenvalue weighted by Crippen LogP contribution is 2.25. The molecule has 4 heteroatoms. The Bertz CT molecular complexity index is 339. The molecule has 0 aliphatic heterocycles. The van der Waals surface area contributed by atoms with E-state index in [4.69, 9.17) is 27.2 Å². The third-order valence-corrected chi connectivity index (χ3v) is 2.44. The average Bonchev–Trinajstić information content (AvgIpc) is 2.20. The molecular formula is C11H16ClNO2. The van der Waals surface area contributed by atoms with E-state index in [2.05, 4.69) is 0 Å². The molecule has 1 atom stereocenters. The molecule has 3 N–H and O–H groups in total. The van der Waals surface area contributed by atoms with Crippen LogP contribution >= 0.6 is 11.6 Å². The highest BCUT2D eigenvalue weighted by Gasteiger charge is 2.19. The number of halogens is 1. The molecule has 84 valence electrons. The summed E-state index contributed by atoms with van der Waals surface area (Å²) in [7, 11) is 1.59. The number of benzene rings is 1. The van der Waals surface area contributed by atoms with Crippen LogP contribution in [0, 0.1) is 0 Å². The van der Waals surface area contributed by atoms with Crippen LogP contribution in [0.2, 0.25) is 5.02 Å². The Hall–Kier alpha value is -0.770. The van der Waals surface area contributed by atoms with Crippen LogP contribution in [-0.2, 0) is 6.42 Å². The van der Waals surface area contributed by atoms with Gasteiger partial charge < -0.3 is 15.6 Å². The van der Waals surface area contributed by atoms with Crippen molar-refractivity contribution in [3.63, 3.8) is 0 Å². The third-order valence-electron chi connectivity index (χ3n) is 2.20. The van der Waals surface area contributed by atoms with Crippen LogP contribution in [0.4, 0.5) is 0 Å². The van der Waals surface area contributed by atoms with Gasteiger partial charge in [-0.2, -0.15) is 0 Å². The van der Waals surface area contributed by atoms with Gasteiger partial charge in [-0.3, -0.25) is 0 Å². The fourth-order valence-corrected chi connectivity index (χ4v) is 1.52. The predicted molar refractivity (Wildman–Crippen MR) is 61.4 cm³/mol. The molecule has 0 saturated carbocycles. The molecule has 1 aromatic rings. The maximum Gasteiger partial charge on any atom is 0.123 e. The zero-order valence-electron chi connectivity index (χ0n) is 8.96.